The highest BCUT2D eigenvalue weighted by Gasteiger charge is 2.07. The smallest absolute Gasteiger partial charge is 0.233 e. The molecule has 0 amide bonds. The van der Waals surface area contributed by atoms with Crippen molar-refractivity contribution in [2.45, 2.75) is 6.61 Å². The molecule has 0 spiro atoms. The first-order valence-corrected chi connectivity index (χ1v) is 5.40. The molecule has 3 aromatic rings. The molecule has 0 saturated heterocycles. The number of tetrazole rings is 1. The van der Waals surface area contributed by atoms with Gasteiger partial charge in [0.1, 0.15) is 0 Å². The second-order valence-electron chi connectivity index (χ2n) is 3.10. The van der Waals surface area contributed by atoms with Gasteiger partial charge in [0, 0.05) is 0 Å². The zero-order chi connectivity index (χ0) is 10.8. The van der Waals surface area contributed by atoms with Gasteiger partial charge < -0.3 is 4.74 Å². The first kappa shape index (κ1) is 9.22. The van der Waals surface area contributed by atoms with Crippen LogP contribution in [-0.4, -0.2) is 25.0 Å². The first-order chi connectivity index (χ1) is 7.93. The average molecular weight is 233 g/mol. The number of rotatable bonds is 3. The molecular formula is C9H7N5OS. The molecule has 80 valence electrons. The second kappa shape index (κ2) is 3.86. The van der Waals surface area contributed by atoms with E-state index in [4.69, 9.17) is 4.74 Å². The van der Waals surface area contributed by atoms with E-state index in [1.54, 1.807) is 0 Å². The fourth-order valence-electron chi connectivity index (χ4n) is 1.34. The van der Waals surface area contributed by atoms with Gasteiger partial charge in [-0.25, -0.2) is 0 Å². The number of benzene rings is 1. The van der Waals surface area contributed by atoms with Crippen molar-refractivity contribution in [2.24, 2.45) is 0 Å². The summed E-state index contributed by atoms with van der Waals surface area (Å²) in [6.07, 6.45) is 0. The third-order valence-electron chi connectivity index (χ3n) is 2.07. The van der Waals surface area contributed by atoms with Crippen LogP contribution >= 0.6 is 11.5 Å². The topological polar surface area (TPSA) is 76.6 Å². The van der Waals surface area contributed by atoms with Crippen LogP contribution in [0.25, 0.3) is 10.1 Å². The molecule has 7 heteroatoms. The van der Waals surface area contributed by atoms with Gasteiger partial charge in [0.2, 0.25) is 11.7 Å². The van der Waals surface area contributed by atoms with Gasteiger partial charge in [-0.15, -0.1) is 10.2 Å². The number of nitrogens with zero attached hydrogens (tertiary/aromatic N) is 4. The summed E-state index contributed by atoms with van der Waals surface area (Å²) in [5, 5.41) is 14.4. The number of hydrogen-bond acceptors (Lipinski definition) is 6. The lowest BCUT2D eigenvalue weighted by Gasteiger charge is -1.98. The molecule has 3 rings (SSSR count). The van der Waals surface area contributed by atoms with Crippen molar-refractivity contribution in [1.82, 2.24) is 25.0 Å². The third kappa shape index (κ3) is 1.61. The van der Waals surface area contributed by atoms with Gasteiger partial charge in [0.25, 0.3) is 0 Å². The van der Waals surface area contributed by atoms with Crippen LogP contribution < -0.4 is 4.74 Å². The SMILES string of the molecule is c1ccc2c(OCc3nn[nH]n3)nsc2c1. The van der Waals surface area contributed by atoms with Crippen molar-refractivity contribution in [1.29, 1.82) is 0 Å². The highest BCUT2D eigenvalue weighted by Crippen LogP contribution is 2.28. The molecule has 2 heterocycles. The summed E-state index contributed by atoms with van der Waals surface area (Å²) >= 11 is 1.41. The largest absolute Gasteiger partial charge is 0.468 e. The number of aromatic amines is 1. The van der Waals surface area contributed by atoms with E-state index in [1.165, 1.54) is 11.5 Å². The number of nitrogens with one attached hydrogen (secondary N) is 1. The van der Waals surface area contributed by atoms with Crippen LogP contribution in [0.4, 0.5) is 0 Å². The lowest BCUT2D eigenvalue weighted by atomic mass is 10.3. The molecule has 0 bridgehead atoms. The van der Waals surface area contributed by atoms with Crippen molar-refractivity contribution >= 4 is 21.6 Å². The van der Waals surface area contributed by atoms with E-state index in [-0.39, 0.29) is 6.61 Å². The standard InChI is InChI=1S/C9H7N5OS/c1-2-4-7-6(3-1)9(12-16-7)15-5-8-10-13-14-11-8/h1-4H,5H2,(H,10,11,13,14). The Morgan fingerprint density at radius 3 is 3.12 bits per heavy atom. The van der Waals surface area contributed by atoms with Crippen molar-refractivity contribution in [3.05, 3.63) is 30.1 Å². The summed E-state index contributed by atoms with van der Waals surface area (Å²) in [4.78, 5) is 0. The van der Waals surface area contributed by atoms with E-state index < -0.39 is 0 Å². The van der Waals surface area contributed by atoms with Gasteiger partial charge in [-0.05, 0) is 23.7 Å². The minimum atomic E-state index is 0.268. The van der Waals surface area contributed by atoms with Crippen LogP contribution in [0.15, 0.2) is 24.3 Å². The van der Waals surface area contributed by atoms with Gasteiger partial charge in [-0.3, -0.25) is 0 Å². The third-order valence-corrected chi connectivity index (χ3v) is 2.88. The van der Waals surface area contributed by atoms with E-state index >= 15 is 0 Å². The minimum absolute atomic E-state index is 0.268. The molecule has 0 atom stereocenters. The Bertz CT molecular complexity index is 591. The van der Waals surface area contributed by atoms with Gasteiger partial charge in [-0.2, -0.15) is 9.59 Å². The fraction of sp³-hybridized carbons (Fsp3) is 0.111. The summed E-state index contributed by atoms with van der Waals surface area (Å²) in [7, 11) is 0. The summed E-state index contributed by atoms with van der Waals surface area (Å²) in [5.41, 5.74) is 0. The van der Waals surface area contributed by atoms with Gasteiger partial charge in [0.15, 0.2) is 6.61 Å². The maximum Gasteiger partial charge on any atom is 0.233 e. The second-order valence-corrected chi connectivity index (χ2v) is 3.91. The number of ether oxygens (including phenoxy) is 1. The highest BCUT2D eigenvalue weighted by molar-refractivity contribution is 7.13. The molecule has 16 heavy (non-hydrogen) atoms. The Kier molecular flexibility index (Phi) is 2.22. The van der Waals surface area contributed by atoms with E-state index in [9.17, 15) is 0 Å². The van der Waals surface area contributed by atoms with E-state index in [2.05, 4.69) is 25.0 Å². The van der Waals surface area contributed by atoms with Crippen molar-refractivity contribution in [3.8, 4) is 5.88 Å². The number of fused-ring (bicyclic) bond motifs is 1. The molecule has 2 aromatic heterocycles. The van der Waals surface area contributed by atoms with E-state index in [1.807, 2.05) is 24.3 Å². The van der Waals surface area contributed by atoms with Crippen LogP contribution in [-0.2, 0) is 6.61 Å². The molecule has 6 nitrogen and oxygen atoms in total. The lowest BCUT2D eigenvalue weighted by molar-refractivity contribution is 0.291. The fourth-order valence-corrected chi connectivity index (χ4v) is 2.07. The molecule has 1 aromatic carbocycles. The van der Waals surface area contributed by atoms with Crippen LogP contribution in [0.2, 0.25) is 0 Å². The Morgan fingerprint density at radius 1 is 1.31 bits per heavy atom. The zero-order valence-electron chi connectivity index (χ0n) is 8.12. The average Bonchev–Trinajstić information content (AvgIpc) is 2.96. The maximum atomic E-state index is 5.52. The van der Waals surface area contributed by atoms with Gasteiger partial charge in [-0.1, -0.05) is 17.3 Å². The van der Waals surface area contributed by atoms with Crippen molar-refractivity contribution in [2.75, 3.05) is 0 Å². The lowest BCUT2D eigenvalue weighted by Crippen LogP contribution is -1.97. The van der Waals surface area contributed by atoms with Crippen LogP contribution in [0, 0.1) is 0 Å². The zero-order valence-corrected chi connectivity index (χ0v) is 8.94. The number of H-pyrrole nitrogens is 1. The minimum Gasteiger partial charge on any atom is -0.468 e. The molecule has 0 aliphatic carbocycles. The molecule has 0 unspecified atom stereocenters. The summed E-state index contributed by atoms with van der Waals surface area (Å²) in [6, 6.07) is 7.92. The summed E-state index contributed by atoms with van der Waals surface area (Å²) < 4.78 is 10.8. The number of aromatic nitrogens is 5. The Labute approximate surface area is 94.4 Å². The Hall–Kier alpha value is -2.02. The van der Waals surface area contributed by atoms with Crippen LogP contribution in [0.1, 0.15) is 5.82 Å². The summed E-state index contributed by atoms with van der Waals surface area (Å²) in [6.45, 7) is 0.268. The molecule has 0 radical (unpaired) electrons. The first-order valence-electron chi connectivity index (χ1n) is 4.63. The predicted octanol–water partition coefficient (Wildman–Crippen LogP) is 1.39. The quantitative estimate of drug-likeness (QED) is 0.739. The molecule has 0 fully saturated rings. The normalized spacial score (nSPS) is 10.8. The monoisotopic (exact) mass is 233 g/mol. The summed E-state index contributed by atoms with van der Waals surface area (Å²) in [5.74, 6) is 1.13. The Morgan fingerprint density at radius 2 is 2.25 bits per heavy atom. The van der Waals surface area contributed by atoms with Crippen molar-refractivity contribution in [3.63, 3.8) is 0 Å². The highest BCUT2D eigenvalue weighted by atomic mass is 32.1. The molecule has 0 saturated carbocycles. The van der Waals surface area contributed by atoms with Crippen LogP contribution in [0.5, 0.6) is 5.88 Å². The van der Waals surface area contributed by atoms with Gasteiger partial charge in [0.05, 0.1) is 10.1 Å². The van der Waals surface area contributed by atoms with Crippen molar-refractivity contribution < 1.29 is 4.74 Å². The molecule has 1 N–H and O–H groups in total. The van der Waals surface area contributed by atoms with E-state index in [0.29, 0.717) is 11.7 Å². The van der Waals surface area contributed by atoms with Gasteiger partial charge >= 0.3 is 0 Å². The van der Waals surface area contributed by atoms with E-state index in [0.717, 1.165) is 10.1 Å². The predicted molar refractivity (Wildman–Crippen MR) is 58.1 cm³/mol. The Balaban J connectivity index is 1.84. The molecule has 0 aliphatic heterocycles. The van der Waals surface area contributed by atoms with Crippen LogP contribution in [0.3, 0.4) is 0 Å². The molecular weight excluding hydrogens is 226 g/mol. The maximum absolute atomic E-state index is 5.52. The number of hydrogen-bond donors (Lipinski definition) is 1. The molecule has 0 aliphatic rings.